The molecule has 0 saturated heterocycles. The fourth-order valence-electron chi connectivity index (χ4n) is 2.31. The molecular weight excluding hydrogens is 282 g/mol. The minimum absolute atomic E-state index is 0.0684. The van der Waals surface area contributed by atoms with Crippen LogP contribution in [-0.2, 0) is 13.6 Å². The Balaban J connectivity index is 2.24. The second-order valence-electron chi connectivity index (χ2n) is 5.14. The van der Waals surface area contributed by atoms with Gasteiger partial charge >= 0.3 is 0 Å². The first-order valence-electron chi connectivity index (χ1n) is 7.17. The van der Waals surface area contributed by atoms with Gasteiger partial charge in [-0.05, 0) is 24.6 Å². The Morgan fingerprint density at radius 3 is 2.68 bits per heavy atom. The SMILES string of the molecule is CCCN(Cc1cccn1C)C(=O)c1cccc([N+](=O)[O-])c1. The third-order valence-corrected chi connectivity index (χ3v) is 3.49. The molecule has 0 atom stereocenters. The molecule has 1 aromatic carbocycles. The molecule has 1 heterocycles. The van der Waals surface area contributed by atoms with Crippen LogP contribution in [0.4, 0.5) is 5.69 Å². The van der Waals surface area contributed by atoms with Crippen LogP contribution in [0, 0.1) is 10.1 Å². The van der Waals surface area contributed by atoms with Crippen LogP contribution in [0.2, 0.25) is 0 Å². The van der Waals surface area contributed by atoms with Crippen molar-refractivity contribution in [2.75, 3.05) is 6.54 Å². The molecule has 0 unspecified atom stereocenters. The van der Waals surface area contributed by atoms with E-state index in [1.54, 1.807) is 11.0 Å². The van der Waals surface area contributed by atoms with Gasteiger partial charge in [0.25, 0.3) is 11.6 Å². The quantitative estimate of drug-likeness (QED) is 0.608. The van der Waals surface area contributed by atoms with Crippen LogP contribution < -0.4 is 0 Å². The van der Waals surface area contributed by atoms with Crippen LogP contribution >= 0.6 is 0 Å². The first-order chi connectivity index (χ1) is 10.5. The van der Waals surface area contributed by atoms with E-state index in [9.17, 15) is 14.9 Å². The number of amides is 1. The van der Waals surface area contributed by atoms with Gasteiger partial charge in [0.1, 0.15) is 0 Å². The fraction of sp³-hybridized carbons (Fsp3) is 0.312. The topological polar surface area (TPSA) is 68.4 Å². The van der Waals surface area contributed by atoms with Gasteiger partial charge in [-0.25, -0.2) is 0 Å². The molecule has 1 aromatic heterocycles. The zero-order chi connectivity index (χ0) is 16.1. The summed E-state index contributed by atoms with van der Waals surface area (Å²) in [6.45, 7) is 3.09. The van der Waals surface area contributed by atoms with Crippen molar-refractivity contribution in [2.24, 2.45) is 7.05 Å². The molecule has 0 fully saturated rings. The number of nitro groups is 1. The van der Waals surface area contributed by atoms with Crippen molar-refractivity contribution in [1.29, 1.82) is 0 Å². The number of non-ortho nitro benzene ring substituents is 1. The van der Waals surface area contributed by atoms with Gasteiger partial charge in [-0.15, -0.1) is 0 Å². The van der Waals surface area contributed by atoms with E-state index in [1.165, 1.54) is 18.2 Å². The third kappa shape index (κ3) is 3.52. The summed E-state index contributed by atoms with van der Waals surface area (Å²) >= 11 is 0. The number of aryl methyl sites for hydroxylation is 1. The molecule has 22 heavy (non-hydrogen) atoms. The largest absolute Gasteiger partial charge is 0.353 e. The Kier molecular flexibility index (Phi) is 4.93. The van der Waals surface area contributed by atoms with Crippen molar-refractivity contribution in [3.05, 3.63) is 64.0 Å². The van der Waals surface area contributed by atoms with Crippen molar-refractivity contribution < 1.29 is 9.72 Å². The number of rotatable bonds is 6. The lowest BCUT2D eigenvalue weighted by atomic mass is 10.1. The Hall–Kier alpha value is -2.63. The van der Waals surface area contributed by atoms with Crippen molar-refractivity contribution in [1.82, 2.24) is 9.47 Å². The van der Waals surface area contributed by atoms with Gasteiger partial charge in [0, 0.05) is 43.2 Å². The molecule has 116 valence electrons. The van der Waals surface area contributed by atoms with Crippen LogP contribution in [0.1, 0.15) is 29.4 Å². The van der Waals surface area contributed by atoms with Crippen molar-refractivity contribution >= 4 is 11.6 Å². The zero-order valence-electron chi connectivity index (χ0n) is 12.7. The molecule has 0 bridgehead atoms. The second-order valence-corrected chi connectivity index (χ2v) is 5.14. The maximum absolute atomic E-state index is 12.6. The lowest BCUT2D eigenvalue weighted by Gasteiger charge is -2.22. The summed E-state index contributed by atoms with van der Waals surface area (Å²) in [6, 6.07) is 9.76. The number of benzene rings is 1. The van der Waals surface area contributed by atoms with E-state index in [2.05, 4.69) is 0 Å². The lowest BCUT2D eigenvalue weighted by molar-refractivity contribution is -0.384. The van der Waals surface area contributed by atoms with Gasteiger partial charge in [0.2, 0.25) is 0 Å². The molecule has 2 rings (SSSR count). The summed E-state index contributed by atoms with van der Waals surface area (Å²) in [7, 11) is 1.93. The van der Waals surface area contributed by atoms with E-state index in [4.69, 9.17) is 0 Å². The summed E-state index contributed by atoms with van der Waals surface area (Å²) in [5, 5.41) is 10.8. The van der Waals surface area contributed by atoms with Crippen molar-refractivity contribution in [2.45, 2.75) is 19.9 Å². The molecule has 0 N–H and O–H groups in total. The van der Waals surface area contributed by atoms with Crippen LogP contribution in [-0.4, -0.2) is 26.8 Å². The van der Waals surface area contributed by atoms with Crippen molar-refractivity contribution in [3.63, 3.8) is 0 Å². The molecule has 0 aliphatic rings. The highest BCUT2D eigenvalue weighted by Gasteiger charge is 2.18. The fourth-order valence-corrected chi connectivity index (χ4v) is 2.31. The van der Waals surface area contributed by atoms with E-state index >= 15 is 0 Å². The van der Waals surface area contributed by atoms with Crippen LogP contribution in [0.5, 0.6) is 0 Å². The van der Waals surface area contributed by atoms with E-state index in [0.717, 1.165) is 12.1 Å². The van der Waals surface area contributed by atoms with Crippen molar-refractivity contribution in [3.8, 4) is 0 Å². The minimum Gasteiger partial charge on any atom is -0.353 e. The Morgan fingerprint density at radius 1 is 1.32 bits per heavy atom. The van der Waals surface area contributed by atoms with E-state index in [1.807, 2.05) is 36.9 Å². The summed E-state index contributed by atoms with van der Waals surface area (Å²) in [5.41, 5.74) is 1.30. The maximum Gasteiger partial charge on any atom is 0.270 e. The monoisotopic (exact) mass is 301 g/mol. The number of hydrogen-bond donors (Lipinski definition) is 0. The van der Waals surface area contributed by atoms with E-state index in [-0.39, 0.29) is 11.6 Å². The number of nitrogens with zero attached hydrogens (tertiary/aromatic N) is 3. The molecule has 0 aliphatic carbocycles. The number of carbonyl (C=O) groups excluding carboxylic acids is 1. The van der Waals surface area contributed by atoms with Crippen LogP contribution in [0.25, 0.3) is 0 Å². The lowest BCUT2D eigenvalue weighted by Crippen LogP contribution is -2.32. The highest BCUT2D eigenvalue weighted by Crippen LogP contribution is 2.16. The van der Waals surface area contributed by atoms with Gasteiger partial charge in [0.05, 0.1) is 11.5 Å². The summed E-state index contributed by atoms with van der Waals surface area (Å²) in [5.74, 6) is -0.188. The minimum atomic E-state index is -0.488. The average Bonchev–Trinajstić information content (AvgIpc) is 2.91. The summed E-state index contributed by atoms with van der Waals surface area (Å²) < 4.78 is 1.96. The van der Waals surface area contributed by atoms with Gasteiger partial charge in [-0.2, -0.15) is 0 Å². The number of carbonyl (C=O) groups is 1. The smallest absolute Gasteiger partial charge is 0.270 e. The highest BCUT2D eigenvalue weighted by molar-refractivity contribution is 5.94. The van der Waals surface area contributed by atoms with Crippen LogP contribution in [0.3, 0.4) is 0 Å². The average molecular weight is 301 g/mol. The maximum atomic E-state index is 12.6. The molecular formula is C16H19N3O3. The zero-order valence-corrected chi connectivity index (χ0v) is 12.7. The van der Waals surface area contributed by atoms with Gasteiger partial charge in [-0.3, -0.25) is 14.9 Å². The molecule has 6 nitrogen and oxygen atoms in total. The predicted octanol–water partition coefficient (Wildman–Crippen LogP) is 2.99. The molecule has 2 aromatic rings. The number of hydrogen-bond acceptors (Lipinski definition) is 3. The molecule has 6 heteroatoms. The summed E-state index contributed by atoms with van der Waals surface area (Å²) in [4.78, 5) is 24.7. The molecule has 0 radical (unpaired) electrons. The second kappa shape index (κ2) is 6.89. The van der Waals surface area contributed by atoms with E-state index < -0.39 is 4.92 Å². The number of aromatic nitrogens is 1. The van der Waals surface area contributed by atoms with Gasteiger partial charge < -0.3 is 9.47 Å². The van der Waals surface area contributed by atoms with Gasteiger partial charge in [-0.1, -0.05) is 13.0 Å². The highest BCUT2D eigenvalue weighted by atomic mass is 16.6. The first kappa shape index (κ1) is 15.8. The first-order valence-corrected chi connectivity index (χ1v) is 7.17. The molecule has 1 amide bonds. The summed E-state index contributed by atoms with van der Waals surface area (Å²) in [6.07, 6.45) is 2.75. The Morgan fingerprint density at radius 2 is 2.09 bits per heavy atom. The van der Waals surface area contributed by atoms with E-state index in [0.29, 0.717) is 18.7 Å². The standard InChI is InChI=1S/C16H19N3O3/c1-3-9-18(12-15-8-5-10-17(15)2)16(20)13-6-4-7-14(11-13)19(21)22/h4-8,10-11H,3,9,12H2,1-2H3. The number of nitro benzene ring substituents is 1. The predicted molar refractivity (Wildman–Crippen MR) is 83.5 cm³/mol. The Labute approximate surface area is 129 Å². The van der Waals surface area contributed by atoms with Crippen LogP contribution in [0.15, 0.2) is 42.6 Å². The van der Waals surface area contributed by atoms with Gasteiger partial charge in [0.15, 0.2) is 0 Å². The third-order valence-electron chi connectivity index (χ3n) is 3.49. The molecule has 0 saturated carbocycles. The normalized spacial score (nSPS) is 10.5. The Bertz CT molecular complexity index is 679. The molecule has 0 spiro atoms. The molecule has 0 aliphatic heterocycles.